The largest absolute Gasteiger partial charge is 0.378 e. The Morgan fingerprint density at radius 3 is 2.61 bits per heavy atom. The van der Waals surface area contributed by atoms with Crippen molar-refractivity contribution in [2.45, 2.75) is 0 Å². The molecule has 2 aromatic rings. The van der Waals surface area contributed by atoms with E-state index in [9.17, 15) is 13.6 Å². The molecular formula is C15H14F2N4O2. The fourth-order valence-corrected chi connectivity index (χ4v) is 2.17. The van der Waals surface area contributed by atoms with Gasteiger partial charge in [0, 0.05) is 19.2 Å². The van der Waals surface area contributed by atoms with E-state index in [4.69, 9.17) is 4.74 Å². The third-order valence-corrected chi connectivity index (χ3v) is 3.39. The number of amides is 1. The maximum absolute atomic E-state index is 13.5. The number of rotatable bonds is 3. The Morgan fingerprint density at radius 2 is 1.96 bits per heavy atom. The number of carbonyl (C=O) groups is 1. The fraction of sp³-hybridized carbons (Fsp3) is 0.267. The number of benzene rings is 1. The Hall–Kier alpha value is -2.61. The minimum atomic E-state index is -0.851. The summed E-state index contributed by atoms with van der Waals surface area (Å²) in [4.78, 5) is 22.3. The quantitative estimate of drug-likeness (QED) is 0.935. The van der Waals surface area contributed by atoms with Gasteiger partial charge in [-0.25, -0.2) is 18.7 Å². The number of hydrogen-bond acceptors (Lipinski definition) is 5. The molecule has 1 fully saturated rings. The molecule has 0 saturated carbocycles. The molecule has 1 aliphatic heterocycles. The van der Waals surface area contributed by atoms with Gasteiger partial charge in [0.25, 0.3) is 5.91 Å². The lowest BCUT2D eigenvalue weighted by molar-refractivity contribution is 0.102. The van der Waals surface area contributed by atoms with Crippen molar-refractivity contribution in [1.82, 2.24) is 9.97 Å². The van der Waals surface area contributed by atoms with Crippen LogP contribution in [0.4, 0.5) is 20.3 Å². The zero-order valence-corrected chi connectivity index (χ0v) is 12.1. The van der Waals surface area contributed by atoms with Gasteiger partial charge in [-0.3, -0.25) is 4.79 Å². The monoisotopic (exact) mass is 320 g/mol. The standard InChI is InChI=1S/C15H14F2N4O2/c16-10-1-2-12(11(17)7-10)20-15(22)13-8-19-14(9-18-13)21-3-5-23-6-4-21/h1-2,7-9H,3-6H2,(H,20,22). The summed E-state index contributed by atoms with van der Waals surface area (Å²) in [6.45, 7) is 2.66. The van der Waals surface area contributed by atoms with Gasteiger partial charge in [-0.1, -0.05) is 0 Å². The van der Waals surface area contributed by atoms with Crippen LogP contribution < -0.4 is 10.2 Å². The first-order valence-electron chi connectivity index (χ1n) is 7.04. The number of ether oxygens (including phenoxy) is 1. The second kappa shape index (κ2) is 6.66. The van der Waals surface area contributed by atoms with E-state index in [0.717, 1.165) is 12.1 Å². The molecule has 8 heteroatoms. The number of anilines is 2. The zero-order valence-electron chi connectivity index (χ0n) is 12.1. The predicted molar refractivity (Wildman–Crippen MR) is 79.4 cm³/mol. The number of aromatic nitrogens is 2. The van der Waals surface area contributed by atoms with Crippen LogP contribution in [0.25, 0.3) is 0 Å². The van der Waals surface area contributed by atoms with E-state index in [1.807, 2.05) is 4.90 Å². The molecule has 1 N–H and O–H groups in total. The van der Waals surface area contributed by atoms with E-state index in [1.54, 1.807) is 0 Å². The zero-order chi connectivity index (χ0) is 16.2. The van der Waals surface area contributed by atoms with Crippen molar-refractivity contribution in [2.75, 3.05) is 36.5 Å². The molecule has 1 saturated heterocycles. The Kier molecular flexibility index (Phi) is 4.42. The lowest BCUT2D eigenvalue weighted by atomic mass is 10.3. The number of nitrogens with zero attached hydrogens (tertiary/aromatic N) is 3. The van der Waals surface area contributed by atoms with Crippen molar-refractivity contribution in [3.05, 3.63) is 47.9 Å². The second-order valence-corrected chi connectivity index (χ2v) is 4.94. The fourth-order valence-electron chi connectivity index (χ4n) is 2.17. The van der Waals surface area contributed by atoms with Crippen molar-refractivity contribution in [3.8, 4) is 0 Å². The van der Waals surface area contributed by atoms with E-state index in [1.165, 1.54) is 12.4 Å². The summed E-state index contributed by atoms with van der Waals surface area (Å²) in [5.41, 5.74) is -0.0683. The Morgan fingerprint density at radius 1 is 1.17 bits per heavy atom. The average molecular weight is 320 g/mol. The van der Waals surface area contributed by atoms with E-state index in [-0.39, 0.29) is 11.4 Å². The molecular weight excluding hydrogens is 306 g/mol. The van der Waals surface area contributed by atoms with Gasteiger partial charge in [-0.2, -0.15) is 0 Å². The van der Waals surface area contributed by atoms with E-state index in [0.29, 0.717) is 38.2 Å². The molecule has 0 radical (unpaired) electrons. The lowest BCUT2D eigenvalue weighted by Crippen LogP contribution is -2.36. The van der Waals surface area contributed by atoms with Gasteiger partial charge in [0.05, 0.1) is 31.3 Å². The van der Waals surface area contributed by atoms with Crippen molar-refractivity contribution in [3.63, 3.8) is 0 Å². The first-order chi connectivity index (χ1) is 11.1. The van der Waals surface area contributed by atoms with Crippen LogP contribution in [0.3, 0.4) is 0 Å². The van der Waals surface area contributed by atoms with Crippen LogP contribution in [0.1, 0.15) is 10.5 Å². The molecule has 1 aromatic heterocycles. The molecule has 6 nitrogen and oxygen atoms in total. The molecule has 0 unspecified atom stereocenters. The number of carbonyl (C=O) groups excluding carboxylic acids is 1. The van der Waals surface area contributed by atoms with Crippen LogP contribution in [0.15, 0.2) is 30.6 Å². The van der Waals surface area contributed by atoms with Gasteiger partial charge in [0.1, 0.15) is 23.1 Å². The molecule has 0 bridgehead atoms. The lowest BCUT2D eigenvalue weighted by Gasteiger charge is -2.27. The van der Waals surface area contributed by atoms with Crippen LogP contribution >= 0.6 is 0 Å². The summed E-state index contributed by atoms with van der Waals surface area (Å²) in [6, 6.07) is 2.91. The number of halogens is 2. The van der Waals surface area contributed by atoms with Gasteiger partial charge in [0.2, 0.25) is 0 Å². The van der Waals surface area contributed by atoms with Gasteiger partial charge in [0.15, 0.2) is 0 Å². The van der Waals surface area contributed by atoms with Crippen molar-refractivity contribution in [1.29, 1.82) is 0 Å². The van der Waals surface area contributed by atoms with Crippen LogP contribution in [-0.4, -0.2) is 42.2 Å². The van der Waals surface area contributed by atoms with E-state index in [2.05, 4.69) is 15.3 Å². The third-order valence-electron chi connectivity index (χ3n) is 3.39. The molecule has 1 aliphatic rings. The van der Waals surface area contributed by atoms with Crippen LogP contribution in [0.2, 0.25) is 0 Å². The molecule has 1 amide bonds. The summed E-state index contributed by atoms with van der Waals surface area (Å²) < 4.78 is 31.6. The van der Waals surface area contributed by atoms with Gasteiger partial charge >= 0.3 is 0 Å². The molecule has 120 valence electrons. The van der Waals surface area contributed by atoms with E-state index >= 15 is 0 Å². The smallest absolute Gasteiger partial charge is 0.275 e. The number of nitrogens with one attached hydrogen (secondary N) is 1. The molecule has 2 heterocycles. The number of hydrogen-bond donors (Lipinski definition) is 1. The van der Waals surface area contributed by atoms with Crippen LogP contribution in [0.5, 0.6) is 0 Å². The summed E-state index contributed by atoms with van der Waals surface area (Å²) in [7, 11) is 0. The molecule has 1 aromatic carbocycles. The Bertz CT molecular complexity index is 703. The highest BCUT2D eigenvalue weighted by molar-refractivity contribution is 6.02. The second-order valence-electron chi connectivity index (χ2n) is 4.94. The molecule has 0 spiro atoms. The van der Waals surface area contributed by atoms with Crippen LogP contribution in [-0.2, 0) is 4.74 Å². The highest BCUT2D eigenvalue weighted by Gasteiger charge is 2.15. The van der Waals surface area contributed by atoms with Crippen molar-refractivity contribution >= 4 is 17.4 Å². The summed E-state index contributed by atoms with van der Waals surface area (Å²) in [5, 5.41) is 2.34. The minimum absolute atomic E-state index is 0.0470. The summed E-state index contributed by atoms with van der Waals surface area (Å²) in [6.07, 6.45) is 2.81. The normalized spacial score (nSPS) is 14.6. The first-order valence-corrected chi connectivity index (χ1v) is 7.04. The van der Waals surface area contributed by atoms with Crippen molar-refractivity contribution < 1.29 is 18.3 Å². The van der Waals surface area contributed by atoms with Crippen molar-refractivity contribution in [2.24, 2.45) is 0 Å². The SMILES string of the molecule is O=C(Nc1ccc(F)cc1F)c1cnc(N2CCOCC2)cn1. The first kappa shape index (κ1) is 15.3. The molecule has 0 atom stereocenters. The Labute approximate surface area is 131 Å². The topological polar surface area (TPSA) is 67.4 Å². The van der Waals surface area contributed by atoms with Crippen LogP contribution in [0, 0.1) is 11.6 Å². The van der Waals surface area contributed by atoms with Gasteiger partial charge < -0.3 is 15.0 Å². The molecule has 3 rings (SSSR count). The maximum Gasteiger partial charge on any atom is 0.275 e. The minimum Gasteiger partial charge on any atom is -0.378 e. The Balaban J connectivity index is 1.69. The third kappa shape index (κ3) is 3.59. The highest BCUT2D eigenvalue weighted by atomic mass is 19.1. The van der Waals surface area contributed by atoms with Gasteiger partial charge in [-0.05, 0) is 12.1 Å². The summed E-state index contributed by atoms with van der Waals surface area (Å²) in [5.74, 6) is -1.53. The summed E-state index contributed by atoms with van der Waals surface area (Å²) >= 11 is 0. The average Bonchev–Trinajstić information content (AvgIpc) is 2.58. The maximum atomic E-state index is 13.5. The van der Waals surface area contributed by atoms with E-state index < -0.39 is 17.5 Å². The molecule has 0 aliphatic carbocycles. The highest BCUT2D eigenvalue weighted by Crippen LogP contribution is 2.16. The number of morpholine rings is 1. The molecule has 23 heavy (non-hydrogen) atoms. The van der Waals surface area contributed by atoms with Gasteiger partial charge in [-0.15, -0.1) is 0 Å². The predicted octanol–water partition coefficient (Wildman–Crippen LogP) is 1.84.